The van der Waals surface area contributed by atoms with Crippen molar-refractivity contribution in [2.45, 2.75) is 25.4 Å². The second kappa shape index (κ2) is 6.16. The number of halogens is 5. The Labute approximate surface area is 136 Å². The number of ether oxygens (including phenoxy) is 1. The van der Waals surface area contributed by atoms with Crippen LogP contribution < -0.4 is 0 Å². The molecule has 0 spiro atoms. The zero-order chi connectivity index (χ0) is 17.5. The SMILES string of the molecule is C[C@@H]1CO[C@@H](c2ccc(-c3cc(F)c(F)c(F)c3)cc2)C(F)(F)C1. The number of hydrogen-bond acceptors (Lipinski definition) is 1. The van der Waals surface area contributed by atoms with Crippen molar-refractivity contribution in [3.8, 4) is 11.1 Å². The fourth-order valence-electron chi connectivity index (χ4n) is 2.93. The lowest BCUT2D eigenvalue weighted by Gasteiger charge is -2.35. The molecule has 0 saturated carbocycles. The Bertz CT molecular complexity index is 719. The van der Waals surface area contributed by atoms with Crippen LogP contribution in [-0.2, 0) is 4.74 Å². The Morgan fingerprint density at radius 1 is 0.958 bits per heavy atom. The van der Waals surface area contributed by atoms with Crippen molar-refractivity contribution in [2.75, 3.05) is 6.61 Å². The maximum atomic E-state index is 14.1. The molecule has 0 N–H and O–H groups in total. The fourth-order valence-corrected chi connectivity index (χ4v) is 2.93. The third-order valence-electron chi connectivity index (χ3n) is 4.08. The molecule has 0 amide bonds. The molecule has 3 rings (SSSR count). The molecule has 1 aliphatic heterocycles. The van der Waals surface area contributed by atoms with Gasteiger partial charge < -0.3 is 4.74 Å². The average molecular weight is 342 g/mol. The van der Waals surface area contributed by atoms with Gasteiger partial charge >= 0.3 is 0 Å². The Morgan fingerprint density at radius 2 is 1.54 bits per heavy atom. The van der Waals surface area contributed by atoms with E-state index in [1.54, 1.807) is 6.92 Å². The highest BCUT2D eigenvalue weighted by atomic mass is 19.3. The van der Waals surface area contributed by atoms with E-state index in [-0.39, 0.29) is 24.5 Å². The molecule has 0 radical (unpaired) electrons. The van der Waals surface area contributed by atoms with Gasteiger partial charge in [-0.15, -0.1) is 0 Å². The van der Waals surface area contributed by atoms with Crippen molar-refractivity contribution in [1.82, 2.24) is 0 Å². The van der Waals surface area contributed by atoms with E-state index < -0.39 is 29.5 Å². The van der Waals surface area contributed by atoms with Crippen molar-refractivity contribution in [2.24, 2.45) is 5.92 Å². The summed E-state index contributed by atoms with van der Waals surface area (Å²) < 4.78 is 73.1. The first-order valence-electron chi connectivity index (χ1n) is 7.52. The van der Waals surface area contributed by atoms with E-state index in [4.69, 9.17) is 4.74 Å². The van der Waals surface area contributed by atoms with Crippen molar-refractivity contribution in [3.63, 3.8) is 0 Å². The standard InChI is InChI=1S/C18H15F5O/c1-10-8-18(22,23)17(24-9-10)12-4-2-11(3-5-12)13-6-14(19)16(21)15(20)7-13/h2-7,10,17H,8-9H2,1H3/t10-,17-/m0/s1. The smallest absolute Gasteiger partial charge is 0.278 e. The molecular formula is C18H15F5O. The van der Waals surface area contributed by atoms with Crippen LogP contribution in [0.1, 0.15) is 25.0 Å². The maximum absolute atomic E-state index is 14.1. The highest BCUT2D eigenvalue weighted by Gasteiger charge is 2.45. The minimum absolute atomic E-state index is 0.128. The van der Waals surface area contributed by atoms with Crippen LogP contribution in [0.3, 0.4) is 0 Å². The lowest BCUT2D eigenvalue weighted by molar-refractivity contribution is -0.190. The minimum atomic E-state index is -2.98. The molecule has 1 fully saturated rings. The second-order valence-corrected chi connectivity index (χ2v) is 6.16. The van der Waals surface area contributed by atoms with Gasteiger partial charge in [0, 0.05) is 6.42 Å². The molecule has 2 atom stereocenters. The van der Waals surface area contributed by atoms with Gasteiger partial charge in [0.15, 0.2) is 17.5 Å². The van der Waals surface area contributed by atoms with Gasteiger partial charge in [-0.2, -0.15) is 0 Å². The van der Waals surface area contributed by atoms with Crippen molar-refractivity contribution < 1.29 is 26.7 Å². The van der Waals surface area contributed by atoms with Crippen LogP contribution in [-0.4, -0.2) is 12.5 Å². The highest BCUT2D eigenvalue weighted by molar-refractivity contribution is 5.64. The predicted molar refractivity (Wildman–Crippen MR) is 79.2 cm³/mol. The van der Waals surface area contributed by atoms with Gasteiger partial charge in [0.05, 0.1) is 6.61 Å². The van der Waals surface area contributed by atoms with Gasteiger partial charge in [0.2, 0.25) is 0 Å². The number of alkyl halides is 2. The van der Waals surface area contributed by atoms with E-state index >= 15 is 0 Å². The van der Waals surface area contributed by atoms with Crippen LogP contribution in [0.25, 0.3) is 11.1 Å². The fraction of sp³-hybridized carbons (Fsp3) is 0.333. The topological polar surface area (TPSA) is 9.23 Å². The summed E-state index contributed by atoms with van der Waals surface area (Å²) in [5.41, 5.74) is 0.811. The third kappa shape index (κ3) is 3.15. The summed E-state index contributed by atoms with van der Waals surface area (Å²) in [5.74, 6) is -7.34. The molecule has 0 aliphatic carbocycles. The summed E-state index contributed by atoms with van der Waals surface area (Å²) in [6.07, 6.45) is -1.60. The summed E-state index contributed by atoms with van der Waals surface area (Å²) >= 11 is 0. The first-order chi connectivity index (χ1) is 11.3. The van der Waals surface area contributed by atoms with E-state index in [9.17, 15) is 22.0 Å². The van der Waals surface area contributed by atoms with Crippen molar-refractivity contribution in [1.29, 1.82) is 0 Å². The quantitative estimate of drug-likeness (QED) is 0.517. The number of rotatable bonds is 2. The summed E-state index contributed by atoms with van der Waals surface area (Å²) in [6.45, 7) is 1.95. The van der Waals surface area contributed by atoms with Gasteiger partial charge in [0.25, 0.3) is 5.92 Å². The van der Waals surface area contributed by atoms with E-state index in [0.717, 1.165) is 12.1 Å². The second-order valence-electron chi connectivity index (χ2n) is 6.16. The monoisotopic (exact) mass is 342 g/mol. The molecule has 1 aliphatic rings. The minimum Gasteiger partial charge on any atom is -0.367 e. The number of hydrogen-bond donors (Lipinski definition) is 0. The molecule has 2 aromatic rings. The summed E-state index contributed by atoms with van der Waals surface area (Å²) in [4.78, 5) is 0. The molecule has 0 bridgehead atoms. The molecule has 0 unspecified atom stereocenters. The largest absolute Gasteiger partial charge is 0.367 e. The normalized spacial score (nSPS) is 23.2. The molecule has 1 heterocycles. The van der Waals surface area contributed by atoms with Crippen LogP contribution in [0.2, 0.25) is 0 Å². The Hall–Kier alpha value is -1.95. The van der Waals surface area contributed by atoms with Gasteiger partial charge in [-0.25, -0.2) is 22.0 Å². The van der Waals surface area contributed by atoms with Crippen LogP contribution >= 0.6 is 0 Å². The van der Waals surface area contributed by atoms with Crippen molar-refractivity contribution >= 4 is 0 Å². The first-order valence-corrected chi connectivity index (χ1v) is 7.52. The Kier molecular flexibility index (Phi) is 4.34. The highest BCUT2D eigenvalue weighted by Crippen LogP contribution is 2.43. The number of benzene rings is 2. The molecule has 2 aromatic carbocycles. The van der Waals surface area contributed by atoms with Crippen LogP contribution in [0, 0.1) is 23.4 Å². The van der Waals surface area contributed by atoms with E-state index in [1.165, 1.54) is 24.3 Å². The molecule has 1 saturated heterocycles. The van der Waals surface area contributed by atoms with E-state index in [0.29, 0.717) is 11.1 Å². The van der Waals surface area contributed by atoms with Crippen LogP contribution in [0.4, 0.5) is 22.0 Å². The van der Waals surface area contributed by atoms with Crippen LogP contribution in [0.15, 0.2) is 36.4 Å². The molecule has 24 heavy (non-hydrogen) atoms. The zero-order valence-electron chi connectivity index (χ0n) is 12.8. The third-order valence-corrected chi connectivity index (χ3v) is 4.08. The van der Waals surface area contributed by atoms with E-state index in [1.807, 2.05) is 0 Å². The summed E-state index contributed by atoms with van der Waals surface area (Å²) in [5, 5.41) is 0. The average Bonchev–Trinajstić information content (AvgIpc) is 2.51. The van der Waals surface area contributed by atoms with Gasteiger partial charge in [-0.1, -0.05) is 31.2 Å². The lowest BCUT2D eigenvalue weighted by atomic mass is 9.91. The first kappa shape index (κ1) is 16.9. The Morgan fingerprint density at radius 3 is 2.08 bits per heavy atom. The van der Waals surface area contributed by atoms with Crippen molar-refractivity contribution in [3.05, 3.63) is 59.4 Å². The van der Waals surface area contributed by atoms with Crippen LogP contribution in [0.5, 0.6) is 0 Å². The van der Waals surface area contributed by atoms with Gasteiger partial charge in [-0.05, 0) is 34.7 Å². The predicted octanol–water partition coefficient (Wildman–Crippen LogP) is 5.50. The zero-order valence-corrected chi connectivity index (χ0v) is 12.8. The summed E-state index contributed by atoms with van der Waals surface area (Å²) in [6, 6.07) is 7.51. The molecule has 0 aromatic heterocycles. The molecule has 1 nitrogen and oxygen atoms in total. The van der Waals surface area contributed by atoms with E-state index in [2.05, 4.69) is 0 Å². The summed E-state index contributed by atoms with van der Waals surface area (Å²) in [7, 11) is 0. The maximum Gasteiger partial charge on any atom is 0.278 e. The molecule has 6 heteroatoms. The molecular weight excluding hydrogens is 327 g/mol. The Balaban J connectivity index is 1.89. The van der Waals surface area contributed by atoms with Gasteiger partial charge in [-0.3, -0.25) is 0 Å². The lowest BCUT2D eigenvalue weighted by Crippen LogP contribution is -2.37. The van der Waals surface area contributed by atoms with Gasteiger partial charge in [0.1, 0.15) is 6.10 Å². The molecule has 128 valence electrons.